The predicted octanol–water partition coefficient (Wildman–Crippen LogP) is 4.11. The van der Waals surface area contributed by atoms with Crippen LogP contribution in [0.15, 0.2) is 64.5 Å². The van der Waals surface area contributed by atoms with Crippen LogP contribution in [0.1, 0.15) is 12.8 Å². The van der Waals surface area contributed by atoms with E-state index in [0.717, 1.165) is 0 Å². The number of para-hydroxylation sites is 1. The zero-order chi connectivity index (χ0) is 23.7. The maximum Gasteiger partial charge on any atom is 0.332 e. The van der Waals surface area contributed by atoms with Gasteiger partial charge in [0, 0.05) is 6.07 Å². The second kappa shape index (κ2) is 9.22. The number of urea groups is 1. The highest BCUT2D eigenvalue weighted by Gasteiger charge is 2.48. The first kappa shape index (κ1) is 22.0. The SMILES string of the molecule is CCOc1ccccc1-c1noc(CN2C(=O)N(c3cccc(OC)c3)C(=O)C3SC=CC32)n1. The van der Waals surface area contributed by atoms with Crippen molar-refractivity contribution in [1.82, 2.24) is 15.0 Å². The Morgan fingerprint density at radius 1 is 1.15 bits per heavy atom. The van der Waals surface area contributed by atoms with Crippen molar-refractivity contribution < 1.29 is 23.6 Å². The molecule has 10 heteroatoms. The molecule has 0 radical (unpaired) electrons. The maximum absolute atomic E-state index is 13.5. The molecular formula is C24H22N4O5S. The molecule has 0 saturated carbocycles. The third-order valence-electron chi connectivity index (χ3n) is 5.58. The number of benzene rings is 2. The first-order valence-electron chi connectivity index (χ1n) is 10.8. The molecule has 2 aliphatic rings. The van der Waals surface area contributed by atoms with Gasteiger partial charge in [0.25, 0.3) is 5.91 Å². The summed E-state index contributed by atoms with van der Waals surface area (Å²) in [5.41, 5.74) is 1.15. The van der Waals surface area contributed by atoms with Gasteiger partial charge in [-0.15, -0.1) is 11.8 Å². The maximum atomic E-state index is 13.5. The number of carbonyl (C=O) groups excluding carboxylic acids is 2. The second-order valence-corrected chi connectivity index (χ2v) is 8.65. The fraction of sp³-hybridized carbons (Fsp3) is 0.250. The summed E-state index contributed by atoms with van der Waals surface area (Å²) in [6.45, 7) is 2.47. The number of fused-ring (bicyclic) bond motifs is 1. The molecule has 0 bridgehead atoms. The molecule has 9 nitrogen and oxygen atoms in total. The van der Waals surface area contributed by atoms with E-state index in [9.17, 15) is 9.59 Å². The third kappa shape index (κ3) is 3.90. The monoisotopic (exact) mass is 478 g/mol. The van der Waals surface area contributed by atoms with Crippen LogP contribution in [-0.2, 0) is 11.3 Å². The van der Waals surface area contributed by atoms with Crippen molar-refractivity contribution in [1.29, 1.82) is 0 Å². The molecule has 3 aromatic rings. The van der Waals surface area contributed by atoms with Crippen molar-refractivity contribution in [2.75, 3.05) is 18.6 Å². The van der Waals surface area contributed by atoms with Crippen molar-refractivity contribution in [3.8, 4) is 22.9 Å². The Bertz CT molecular complexity index is 1260. The van der Waals surface area contributed by atoms with Gasteiger partial charge in [-0.05, 0) is 36.6 Å². The molecule has 1 aromatic heterocycles. The lowest BCUT2D eigenvalue weighted by Crippen LogP contribution is -2.61. The van der Waals surface area contributed by atoms with Gasteiger partial charge < -0.3 is 18.9 Å². The van der Waals surface area contributed by atoms with E-state index in [1.54, 1.807) is 29.2 Å². The molecule has 2 aliphatic heterocycles. The number of carbonyl (C=O) groups is 2. The summed E-state index contributed by atoms with van der Waals surface area (Å²) in [6, 6.07) is 13.4. The first-order chi connectivity index (χ1) is 16.6. The topological polar surface area (TPSA) is 98.0 Å². The average molecular weight is 479 g/mol. The van der Waals surface area contributed by atoms with Crippen LogP contribution in [0.5, 0.6) is 11.5 Å². The van der Waals surface area contributed by atoms with Crippen LogP contribution in [0.25, 0.3) is 11.4 Å². The molecule has 2 unspecified atom stereocenters. The highest BCUT2D eigenvalue weighted by molar-refractivity contribution is 8.03. The Hall–Kier alpha value is -3.79. The van der Waals surface area contributed by atoms with Crippen molar-refractivity contribution >= 4 is 29.4 Å². The Labute approximate surface area is 200 Å². The van der Waals surface area contributed by atoms with Gasteiger partial charge in [0.15, 0.2) is 0 Å². The minimum atomic E-state index is -0.457. The fourth-order valence-corrected chi connectivity index (χ4v) is 5.05. The molecule has 1 saturated heterocycles. The van der Waals surface area contributed by atoms with Gasteiger partial charge in [-0.25, -0.2) is 9.69 Å². The van der Waals surface area contributed by atoms with E-state index in [4.69, 9.17) is 14.0 Å². The lowest BCUT2D eigenvalue weighted by molar-refractivity contribution is -0.119. The lowest BCUT2D eigenvalue weighted by atomic mass is 10.1. The number of aromatic nitrogens is 2. The Morgan fingerprint density at radius 2 is 2.00 bits per heavy atom. The van der Waals surface area contributed by atoms with Crippen LogP contribution in [0.2, 0.25) is 0 Å². The molecule has 1 fully saturated rings. The van der Waals surface area contributed by atoms with Crippen molar-refractivity contribution in [2.45, 2.75) is 24.8 Å². The summed E-state index contributed by atoms with van der Waals surface area (Å²) in [5.74, 6) is 1.57. The van der Waals surface area contributed by atoms with Crippen LogP contribution >= 0.6 is 11.8 Å². The summed E-state index contributed by atoms with van der Waals surface area (Å²) < 4.78 is 16.4. The average Bonchev–Trinajstić information content (AvgIpc) is 3.53. The van der Waals surface area contributed by atoms with E-state index in [2.05, 4.69) is 10.1 Å². The Balaban J connectivity index is 1.45. The van der Waals surface area contributed by atoms with Crippen LogP contribution in [0.3, 0.4) is 0 Å². The Kier molecular flexibility index (Phi) is 5.97. The molecule has 2 atom stereocenters. The molecular weight excluding hydrogens is 456 g/mol. The van der Waals surface area contributed by atoms with Crippen molar-refractivity contribution in [3.63, 3.8) is 0 Å². The summed E-state index contributed by atoms with van der Waals surface area (Å²) in [7, 11) is 1.54. The number of imide groups is 1. The number of thioether (sulfide) groups is 1. The van der Waals surface area contributed by atoms with Crippen LogP contribution < -0.4 is 14.4 Å². The van der Waals surface area contributed by atoms with E-state index < -0.39 is 17.3 Å². The van der Waals surface area contributed by atoms with Crippen molar-refractivity contribution in [3.05, 3.63) is 65.9 Å². The quantitative estimate of drug-likeness (QED) is 0.500. The van der Waals surface area contributed by atoms with Gasteiger partial charge in [-0.2, -0.15) is 4.98 Å². The zero-order valence-corrected chi connectivity index (χ0v) is 19.4. The molecule has 0 aliphatic carbocycles. The number of amides is 3. The van der Waals surface area contributed by atoms with Gasteiger partial charge in [-0.1, -0.05) is 29.4 Å². The van der Waals surface area contributed by atoms with Gasteiger partial charge in [0.2, 0.25) is 11.7 Å². The number of methoxy groups -OCH3 is 1. The Morgan fingerprint density at radius 3 is 2.82 bits per heavy atom. The van der Waals surface area contributed by atoms with Crippen LogP contribution in [-0.4, -0.2) is 52.0 Å². The highest BCUT2D eigenvalue weighted by atomic mass is 32.2. The molecule has 174 valence electrons. The summed E-state index contributed by atoms with van der Waals surface area (Å²) in [4.78, 5) is 34.0. The fourth-order valence-electron chi connectivity index (χ4n) is 4.01. The number of hydrogen-bond acceptors (Lipinski definition) is 8. The van der Waals surface area contributed by atoms with Gasteiger partial charge in [0.05, 0.1) is 31.0 Å². The minimum absolute atomic E-state index is 0.0580. The van der Waals surface area contributed by atoms with Crippen molar-refractivity contribution in [2.24, 2.45) is 0 Å². The van der Waals surface area contributed by atoms with E-state index in [0.29, 0.717) is 35.2 Å². The number of rotatable bonds is 7. The number of ether oxygens (including phenoxy) is 2. The summed E-state index contributed by atoms with van der Waals surface area (Å²) in [6.07, 6.45) is 1.86. The molecule has 34 heavy (non-hydrogen) atoms. The predicted molar refractivity (Wildman–Crippen MR) is 127 cm³/mol. The van der Waals surface area contributed by atoms with E-state index in [1.165, 1.54) is 23.8 Å². The molecule has 5 rings (SSSR count). The van der Waals surface area contributed by atoms with E-state index in [1.807, 2.05) is 42.7 Å². The number of hydrogen-bond donors (Lipinski definition) is 0. The molecule has 2 aromatic carbocycles. The molecule has 0 N–H and O–H groups in total. The zero-order valence-electron chi connectivity index (χ0n) is 18.6. The van der Waals surface area contributed by atoms with Crippen LogP contribution in [0, 0.1) is 0 Å². The highest BCUT2D eigenvalue weighted by Crippen LogP contribution is 2.38. The summed E-state index contributed by atoms with van der Waals surface area (Å²) >= 11 is 1.39. The third-order valence-corrected chi connectivity index (χ3v) is 6.67. The largest absolute Gasteiger partial charge is 0.497 e. The molecule has 0 spiro atoms. The molecule has 3 heterocycles. The number of anilines is 1. The van der Waals surface area contributed by atoms with E-state index in [-0.39, 0.29) is 18.3 Å². The van der Waals surface area contributed by atoms with Gasteiger partial charge in [0.1, 0.15) is 23.3 Å². The minimum Gasteiger partial charge on any atom is -0.497 e. The van der Waals surface area contributed by atoms with Crippen LogP contribution in [0.4, 0.5) is 10.5 Å². The summed E-state index contributed by atoms with van der Waals surface area (Å²) in [5, 5.41) is 5.49. The van der Waals surface area contributed by atoms with Gasteiger partial charge >= 0.3 is 6.03 Å². The molecule has 3 amide bonds. The normalized spacial score (nSPS) is 19.5. The first-order valence-corrected chi connectivity index (χ1v) is 11.7. The number of nitrogens with zero attached hydrogens (tertiary/aromatic N) is 4. The second-order valence-electron chi connectivity index (χ2n) is 7.60. The van der Waals surface area contributed by atoms with E-state index >= 15 is 0 Å². The van der Waals surface area contributed by atoms with Gasteiger partial charge in [-0.3, -0.25) is 4.79 Å². The lowest BCUT2D eigenvalue weighted by Gasteiger charge is -2.40. The standard InChI is InChI=1S/C24H22N4O5S/c1-3-32-19-10-5-4-9-17(19)22-25-20(33-26-22)14-27-18-11-12-34-21(18)23(29)28(24(27)30)15-7-6-8-16(13-15)31-2/h4-13,18,21H,3,14H2,1-2H3. The smallest absolute Gasteiger partial charge is 0.332 e.